The highest BCUT2D eigenvalue weighted by molar-refractivity contribution is 5.98. The van der Waals surface area contributed by atoms with Gasteiger partial charge in [-0.2, -0.15) is 0 Å². The standard InChI is InChI=1S/C17H20N2O5/c1-11-8-14(22-3)15(23-4)9-12(11)18-16(20)10-19(2)17(21)13-6-5-7-24-13/h5-9H,10H2,1-4H3,(H,18,20). The van der Waals surface area contributed by atoms with Crippen LogP contribution in [0.25, 0.3) is 0 Å². The minimum atomic E-state index is -0.362. The van der Waals surface area contributed by atoms with Gasteiger partial charge in [-0.05, 0) is 30.7 Å². The molecule has 0 aliphatic rings. The molecule has 24 heavy (non-hydrogen) atoms. The number of ether oxygens (including phenoxy) is 2. The van der Waals surface area contributed by atoms with E-state index in [-0.39, 0.29) is 24.1 Å². The number of likely N-dealkylation sites (N-methyl/N-ethyl adjacent to an activating group) is 1. The number of nitrogens with zero attached hydrogens (tertiary/aromatic N) is 1. The van der Waals surface area contributed by atoms with Crippen molar-refractivity contribution < 1.29 is 23.5 Å². The van der Waals surface area contributed by atoms with Gasteiger partial charge in [-0.1, -0.05) is 0 Å². The second-order valence-corrected chi connectivity index (χ2v) is 5.21. The second kappa shape index (κ2) is 7.54. The van der Waals surface area contributed by atoms with E-state index in [0.29, 0.717) is 17.2 Å². The molecule has 1 heterocycles. The summed E-state index contributed by atoms with van der Waals surface area (Å²) in [6, 6.07) is 6.62. The van der Waals surface area contributed by atoms with Crippen molar-refractivity contribution in [1.82, 2.24) is 4.90 Å². The number of hydrogen-bond donors (Lipinski definition) is 1. The van der Waals surface area contributed by atoms with Crippen LogP contribution in [0.4, 0.5) is 5.69 Å². The molecule has 2 rings (SSSR count). The van der Waals surface area contributed by atoms with Gasteiger partial charge in [0.1, 0.15) is 0 Å². The van der Waals surface area contributed by atoms with Gasteiger partial charge in [0.05, 0.1) is 27.0 Å². The molecule has 0 saturated heterocycles. The summed E-state index contributed by atoms with van der Waals surface area (Å²) in [5.74, 6) is 0.594. The van der Waals surface area contributed by atoms with Crippen LogP contribution in [0.3, 0.4) is 0 Å². The fourth-order valence-corrected chi connectivity index (χ4v) is 2.18. The van der Waals surface area contributed by atoms with Crippen molar-refractivity contribution in [3.8, 4) is 11.5 Å². The maximum atomic E-state index is 12.2. The van der Waals surface area contributed by atoms with Gasteiger partial charge in [0.25, 0.3) is 5.91 Å². The Morgan fingerprint density at radius 2 is 1.88 bits per heavy atom. The van der Waals surface area contributed by atoms with Gasteiger partial charge in [0, 0.05) is 18.8 Å². The molecule has 0 aliphatic heterocycles. The Hall–Kier alpha value is -2.96. The molecule has 128 valence electrons. The van der Waals surface area contributed by atoms with Crippen LogP contribution in [0.15, 0.2) is 34.9 Å². The smallest absolute Gasteiger partial charge is 0.289 e. The third-order valence-corrected chi connectivity index (χ3v) is 3.46. The number of furan rings is 1. The van der Waals surface area contributed by atoms with Crippen molar-refractivity contribution in [2.45, 2.75) is 6.92 Å². The molecule has 0 fully saturated rings. The first-order valence-electron chi connectivity index (χ1n) is 7.27. The van der Waals surface area contributed by atoms with Crippen LogP contribution >= 0.6 is 0 Å². The summed E-state index contributed by atoms with van der Waals surface area (Å²) < 4.78 is 15.5. The van der Waals surface area contributed by atoms with E-state index in [4.69, 9.17) is 13.9 Å². The SMILES string of the molecule is COc1cc(C)c(NC(=O)CN(C)C(=O)c2ccco2)cc1OC. The number of methoxy groups -OCH3 is 2. The van der Waals surface area contributed by atoms with Crippen LogP contribution in [-0.4, -0.2) is 44.5 Å². The number of nitrogens with one attached hydrogen (secondary N) is 1. The Balaban J connectivity index is 2.05. The number of anilines is 1. The van der Waals surface area contributed by atoms with E-state index in [9.17, 15) is 9.59 Å². The van der Waals surface area contributed by atoms with Crippen molar-refractivity contribution in [2.75, 3.05) is 33.1 Å². The number of carbonyl (C=O) groups is 2. The van der Waals surface area contributed by atoms with E-state index < -0.39 is 0 Å². The Morgan fingerprint density at radius 3 is 2.46 bits per heavy atom. The molecule has 0 radical (unpaired) electrons. The summed E-state index contributed by atoms with van der Waals surface area (Å²) in [6.45, 7) is 1.74. The van der Waals surface area contributed by atoms with E-state index in [1.54, 1.807) is 31.4 Å². The Kier molecular flexibility index (Phi) is 5.47. The van der Waals surface area contributed by atoms with Crippen molar-refractivity contribution in [3.63, 3.8) is 0 Å². The zero-order valence-electron chi connectivity index (χ0n) is 14.1. The number of aryl methyl sites for hydroxylation is 1. The van der Waals surface area contributed by atoms with Crippen molar-refractivity contribution in [2.24, 2.45) is 0 Å². The molecular weight excluding hydrogens is 312 g/mol. The molecule has 7 nitrogen and oxygen atoms in total. The number of hydrogen-bond acceptors (Lipinski definition) is 5. The molecule has 7 heteroatoms. The molecule has 1 aromatic heterocycles. The quantitative estimate of drug-likeness (QED) is 0.878. The van der Waals surface area contributed by atoms with Crippen LogP contribution in [0, 0.1) is 6.92 Å². The summed E-state index contributed by atoms with van der Waals surface area (Å²) >= 11 is 0. The molecule has 1 aromatic carbocycles. The van der Waals surface area contributed by atoms with Crippen molar-refractivity contribution in [3.05, 3.63) is 41.9 Å². The van der Waals surface area contributed by atoms with Gasteiger partial charge in [0.15, 0.2) is 17.3 Å². The van der Waals surface area contributed by atoms with Crippen LogP contribution in [0.5, 0.6) is 11.5 Å². The highest BCUT2D eigenvalue weighted by Gasteiger charge is 2.18. The number of benzene rings is 1. The van der Waals surface area contributed by atoms with Crippen LogP contribution in [0.1, 0.15) is 16.1 Å². The first-order chi connectivity index (χ1) is 11.5. The maximum absolute atomic E-state index is 12.2. The Morgan fingerprint density at radius 1 is 1.21 bits per heavy atom. The number of amides is 2. The lowest BCUT2D eigenvalue weighted by atomic mass is 10.1. The summed E-state index contributed by atoms with van der Waals surface area (Å²) in [4.78, 5) is 25.5. The first kappa shape index (κ1) is 17.4. The topological polar surface area (TPSA) is 81.0 Å². The minimum Gasteiger partial charge on any atom is -0.493 e. The minimum absolute atomic E-state index is 0.104. The largest absolute Gasteiger partial charge is 0.493 e. The summed E-state index contributed by atoms with van der Waals surface area (Å²) in [7, 11) is 4.60. The molecule has 0 unspecified atom stereocenters. The van der Waals surface area contributed by atoms with Gasteiger partial charge in [-0.25, -0.2) is 0 Å². The van der Waals surface area contributed by atoms with E-state index in [0.717, 1.165) is 5.56 Å². The molecule has 2 amide bonds. The van der Waals surface area contributed by atoms with E-state index in [1.807, 2.05) is 6.92 Å². The van der Waals surface area contributed by atoms with Crippen molar-refractivity contribution >= 4 is 17.5 Å². The molecule has 0 aliphatic carbocycles. The third-order valence-electron chi connectivity index (χ3n) is 3.46. The second-order valence-electron chi connectivity index (χ2n) is 5.21. The zero-order chi connectivity index (χ0) is 17.7. The lowest BCUT2D eigenvalue weighted by molar-refractivity contribution is -0.116. The lowest BCUT2D eigenvalue weighted by Crippen LogP contribution is -2.34. The fourth-order valence-electron chi connectivity index (χ4n) is 2.18. The maximum Gasteiger partial charge on any atom is 0.289 e. The summed E-state index contributed by atoms with van der Waals surface area (Å²) in [6.07, 6.45) is 1.41. The third kappa shape index (κ3) is 3.87. The fraction of sp³-hybridized carbons (Fsp3) is 0.294. The van der Waals surface area contributed by atoms with E-state index in [1.165, 1.54) is 25.3 Å². The Bertz CT molecular complexity index is 725. The van der Waals surface area contributed by atoms with E-state index in [2.05, 4.69) is 5.32 Å². The highest BCUT2D eigenvalue weighted by Crippen LogP contribution is 2.32. The van der Waals surface area contributed by atoms with Crippen LogP contribution in [-0.2, 0) is 4.79 Å². The molecule has 0 atom stereocenters. The molecule has 1 N–H and O–H groups in total. The molecule has 0 saturated carbocycles. The first-order valence-corrected chi connectivity index (χ1v) is 7.27. The Labute approximate surface area is 140 Å². The van der Waals surface area contributed by atoms with Crippen molar-refractivity contribution in [1.29, 1.82) is 0 Å². The summed E-state index contributed by atoms with van der Waals surface area (Å²) in [5, 5.41) is 2.77. The number of carbonyl (C=O) groups excluding carboxylic acids is 2. The molecule has 2 aromatic rings. The van der Waals surface area contributed by atoms with E-state index >= 15 is 0 Å². The van der Waals surface area contributed by atoms with Gasteiger partial charge in [0.2, 0.25) is 5.91 Å². The predicted octanol–water partition coefficient (Wildman–Crippen LogP) is 2.32. The lowest BCUT2D eigenvalue weighted by Gasteiger charge is -2.17. The van der Waals surface area contributed by atoms with Gasteiger partial charge < -0.3 is 24.1 Å². The van der Waals surface area contributed by atoms with Crippen LogP contribution in [0.2, 0.25) is 0 Å². The molecular formula is C17H20N2O5. The van der Waals surface area contributed by atoms with Gasteiger partial charge in [-0.15, -0.1) is 0 Å². The van der Waals surface area contributed by atoms with Crippen LogP contribution < -0.4 is 14.8 Å². The monoisotopic (exact) mass is 332 g/mol. The van der Waals surface area contributed by atoms with Gasteiger partial charge in [-0.3, -0.25) is 9.59 Å². The zero-order valence-corrected chi connectivity index (χ0v) is 14.1. The average molecular weight is 332 g/mol. The average Bonchev–Trinajstić information content (AvgIpc) is 3.09. The predicted molar refractivity (Wildman–Crippen MR) is 88.6 cm³/mol. The van der Waals surface area contributed by atoms with Gasteiger partial charge >= 0.3 is 0 Å². The highest BCUT2D eigenvalue weighted by atomic mass is 16.5. The number of rotatable bonds is 6. The molecule has 0 spiro atoms. The molecule has 0 bridgehead atoms. The normalized spacial score (nSPS) is 10.2. The summed E-state index contributed by atoms with van der Waals surface area (Å²) in [5.41, 5.74) is 1.41.